The number of urea groups is 1. The average molecular weight is 1030 g/mol. The zero-order valence-corrected chi connectivity index (χ0v) is 41.3. The number of amides is 9. The van der Waals surface area contributed by atoms with Crippen molar-refractivity contribution in [3.8, 4) is 11.4 Å². The highest BCUT2D eigenvalue weighted by molar-refractivity contribution is 6.12. The number of nitrogens with zero attached hydrogens (tertiary/aromatic N) is 4. The normalized spacial score (nSPS) is 17.4. The number of benzene rings is 2. The standard InChI is InChI=1S/C52H57FN10O12/c1-3-52(74)33-21-38-47-31(25-63(38)48(70)32(33)27-75-50(52)72)46-35(14-13-30-28(2)34(53)22-36(59-47)45(30)46)60-51(73)55-17-19-61(26-39(54)64)49(71)37(20-29-10-6-4-7-11-29)58-42(67)24-57-41(66)23-56-40(65)12-8-5-9-18-62-43(68)15-16-44(62)69/h4,6-7,10-11,15-16,21-22,35,37,74H,3,5,8-9,12-14,17-20,23-27H2,1-2H3,(H2,54,64)(H,56,65)(H,57,66)(H,58,67)(H2,55,60,73)/t35-,37-,52-/m0/s1. The van der Waals surface area contributed by atoms with Crippen LogP contribution in [0.1, 0.15) is 90.4 Å². The molecule has 4 aliphatic rings. The molecule has 8 N–H and O–H groups in total. The smallest absolute Gasteiger partial charge is 0.343 e. The lowest BCUT2D eigenvalue weighted by Gasteiger charge is -2.31. The number of imide groups is 1. The lowest BCUT2D eigenvalue weighted by Crippen LogP contribution is -2.54. The number of hydrogen-bond acceptors (Lipinski definition) is 13. The van der Waals surface area contributed by atoms with Crippen molar-refractivity contribution < 1.29 is 57.4 Å². The predicted octanol–water partition coefficient (Wildman–Crippen LogP) is 0.573. The number of hydrogen-bond donors (Lipinski definition) is 7. The molecule has 2 aromatic heterocycles. The van der Waals surface area contributed by atoms with Gasteiger partial charge in [-0.05, 0) is 67.3 Å². The van der Waals surface area contributed by atoms with Gasteiger partial charge < -0.3 is 51.6 Å². The van der Waals surface area contributed by atoms with Gasteiger partial charge in [-0.2, -0.15) is 0 Å². The third kappa shape index (κ3) is 11.3. The molecule has 0 unspecified atom stereocenters. The Morgan fingerprint density at radius 1 is 0.933 bits per heavy atom. The molecule has 9 amide bonds. The summed E-state index contributed by atoms with van der Waals surface area (Å²) in [5.74, 6) is -5.56. The number of rotatable bonds is 21. The minimum atomic E-state index is -2.07. The van der Waals surface area contributed by atoms with Crippen molar-refractivity contribution in [2.75, 3.05) is 39.3 Å². The van der Waals surface area contributed by atoms with Crippen molar-refractivity contribution in [2.45, 2.75) is 96.1 Å². The van der Waals surface area contributed by atoms with Gasteiger partial charge in [-0.3, -0.25) is 43.3 Å². The fourth-order valence-corrected chi connectivity index (χ4v) is 10.1. The molecule has 0 bridgehead atoms. The second-order valence-electron chi connectivity index (χ2n) is 18.9. The van der Waals surface area contributed by atoms with Gasteiger partial charge in [-0.25, -0.2) is 19.0 Å². The van der Waals surface area contributed by atoms with E-state index in [1.165, 1.54) is 22.8 Å². The number of carbonyl (C=O) groups excluding carboxylic acids is 9. The quantitative estimate of drug-likeness (QED) is 0.0301. The van der Waals surface area contributed by atoms with E-state index < -0.39 is 90.2 Å². The van der Waals surface area contributed by atoms with Crippen molar-refractivity contribution in [3.05, 3.63) is 110 Å². The Labute approximate surface area is 428 Å². The van der Waals surface area contributed by atoms with E-state index in [4.69, 9.17) is 15.5 Å². The third-order valence-corrected chi connectivity index (χ3v) is 14.0. The number of nitrogens with one attached hydrogen (secondary N) is 5. The lowest BCUT2D eigenvalue weighted by molar-refractivity contribution is -0.172. The van der Waals surface area contributed by atoms with Gasteiger partial charge >= 0.3 is 12.0 Å². The lowest BCUT2D eigenvalue weighted by atomic mass is 9.81. The first-order valence-electron chi connectivity index (χ1n) is 24.7. The Morgan fingerprint density at radius 3 is 2.37 bits per heavy atom. The van der Waals surface area contributed by atoms with E-state index in [9.17, 15) is 53.1 Å². The molecule has 0 spiro atoms. The van der Waals surface area contributed by atoms with Crippen molar-refractivity contribution in [2.24, 2.45) is 5.73 Å². The zero-order valence-electron chi connectivity index (χ0n) is 41.3. The number of unbranched alkanes of at least 4 members (excludes halogenated alkanes) is 2. The van der Waals surface area contributed by atoms with Crippen LogP contribution in [-0.4, -0.2) is 123 Å². The van der Waals surface area contributed by atoms with Gasteiger partial charge in [0.15, 0.2) is 5.60 Å². The average Bonchev–Trinajstić information content (AvgIpc) is 3.92. The van der Waals surface area contributed by atoms with E-state index in [1.54, 1.807) is 50.2 Å². The molecule has 5 heterocycles. The third-order valence-electron chi connectivity index (χ3n) is 14.0. The highest BCUT2D eigenvalue weighted by Crippen LogP contribution is 2.46. The van der Waals surface area contributed by atoms with E-state index in [2.05, 4.69) is 26.6 Å². The highest BCUT2D eigenvalue weighted by Gasteiger charge is 2.46. The van der Waals surface area contributed by atoms with Gasteiger partial charge in [0, 0.05) is 67.2 Å². The number of fused-ring (bicyclic) bond motifs is 5. The molecular weight excluding hydrogens is 976 g/mol. The van der Waals surface area contributed by atoms with Crippen LogP contribution < -0.4 is 37.9 Å². The maximum atomic E-state index is 15.5. The van der Waals surface area contributed by atoms with E-state index in [-0.39, 0.29) is 80.5 Å². The summed E-state index contributed by atoms with van der Waals surface area (Å²) < 4.78 is 22.2. The molecule has 1 aliphatic carbocycles. The molecule has 75 heavy (non-hydrogen) atoms. The van der Waals surface area contributed by atoms with E-state index in [0.717, 1.165) is 9.80 Å². The number of cyclic esters (lactones) is 1. The van der Waals surface area contributed by atoms with E-state index >= 15 is 4.39 Å². The number of primary amides is 1. The number of ether oxygens (including phenoxy) is 1. The topological polar surface area (TPSA) is 311 Å². The van der Waals surface area contributed by atoms with E-state index in [0.29, 0.717) is 76.7 Å². The summed E-state index contributed by atoms with van der Waals surface area (Å²) in [5.41, 5.74) is 7.16. The second kappa shape index (κ2) is 22.4. The summed E-state index contributed by atoms with van der Waals surface area (Å²) in [5, 5.41) is 25.3. The van der Waals surface area contributed by atoms with Crippen LogP contribution in [0.15, 0.2) is 59.4 Å². The van der Waals surface area contributed by atoms with Gasteiger partial charge in [0.05, 0.1) is 54.7 Å². The molecule has 0 fully saturated rings. The van der Waals surface area contributed by atoms with Crippen molar-refractivity contribution in [1.29, 1.82) is 0 Å². The molecule has 394 valence electrons. The Bertz CT molecular complexity index is 3110. The SMILES string of the molecule is CC[C@@]1(O)C(=O)OCc2c1cc1n(c2=O)Cc2c-1nc1cc(F)c(C)c3c1c2[C@@H](NC(=O)NCCN(CC(N)=O)C(=O)[C@H](Cc1ccccc1)NC(=O)CNC(=O)CNC(=O)CCCCCN1C(=O)C=CC1=O)CC3. The number of aryl methyl sites for hydroxylation is 1. The Balaban J connectivity index is 0.901. The summed E-state index contributed by atoms with van der Waals surface area (Å²) in [6.45, 7) is 1.18. The van der Waals surface area contributed by atoms with Crippen LogP contribution in [0.3, 0.4) is 0 Å². The minimum Gasteiger partial charge on any atom is -0.458 e. The number of esters is 1. The first kappa shape index (κ1) is 53.0. The molecule has 3 aliphatic heterocycles. The molecule has 0 radical (unpaired) electrons. The maximum Gasteiger partial charge on any atom is 0.343 e. The molecule has 0 saturated heterocycles. The summed E-state index contributed by atoms with van der Waals surface area (Å²) in [6, 6.07) is 8.94. The Morgan fingerprint density at radius 2 is 1.65 bits per heavy atom. The van der Waals surface area contributed by atoms with Crippen LogP contribution in [-0.2, 0) is 74.7 Å². The number of nitrogens with two attached hydrogens (primary N) is 1. The van der Waals surface area contributed by atoms with Crippen LogP contribution >= 0.6 is 0 Å². The van der Waals surface area contributed by atoms with Crippen molar-refractivity contribution in [1.82, 2.24) is 45.9 Å². The Kier molecular flexibility index (Phi) is 15.8. The van der Waals surface area contributed by atoms with Crippen LogP contribution in [0.4, 0.5) is 9.18 Å². The number of aromatic nitrogens is 2. The summed E-state index contributed by atoms with van der Waals surface area (Å²) >= 11 is 0. The summed E-state index contributed by atoms with van der Waals surface area (Å²) in [4.78, 5) is 136. The highest BCUT2D eigenvalue weighted by atomic mass is 19.1. The minimum absolute atomic E-state index is 0.0239. The van der Waals surface area contributed by atoms with Crippen molar-refractivity contribution >= 4 is 64.3 Å². The van der Waals surface area contributed by atoms with E-state index in [1.807, 2.05) is 0 Å². The summed E-state index contributed by atoms with van der Waals surface area (Å²) in [6.07, 6.45) is 4.61. The number of aliphatic hydroxyl groups is 1. The largest absolute Gasteiger partial charge is 0.458 e. The molecule has 3 atom stereocenters. The van der Waals surface area contributed by atoms with Crippen LogP contribution in [0, 0.1) is 12.7 Å². The predicted molar refractivity (Wildman–Crippen MR) is 265 cm³/mol. The molecule has 0 saturated carbocycles. The number of carbonyl (C=O) groups is 9. The molecular formula is C52H57FN10O12. The van der Waals surface area contributed by atoms with Crippen LogP contribution in [0.25, 0.3) is 22.3 Å². The van der Waals surface area contributed by atoms with Crippen LogP contribution in [0.2, 0.25) is 0 Å². The molecule has 8 rings (SSSR count). The second-order valence-corrected chi connectivity index (χ2v) is 18.9. The monoisotopic (exact) mass is 1030 g/mol. The van der Waals surface area contributed by atoms with Gasteiger partial charge in [0.25, 0.3) is 17.4 Å². The molecule has 23 heteroatoms. The van der Waals surface area contributed by atoms with Gasteiger partial charge in [-0.1, -0.05) is 43.7 Å². The first-order chi connectivity index (χ1) is 35.9. The fourth-order valence-electron chi connectivity index (χ4n) is 10.1. The number of pyridine rings is 2. The Hall–Kier alpha value is -8.34. The fraction of sp³-hybridized carbons (Fsp3) is 0.404. The van der Waals surface area contributed by atoms with Gasteiger partial charge in [0.1, 0.15) is 18.5 Å². The van der Waals surface area contributed by atoms with Gasteiger partial charge in [-0.15, -0.1) is 0 Å². The zero-order chi connectivity index (χ0) is 53.7. The molecule has 22 nitrogen and oxygen atoms in total. The first-order valence-corrected chi connectivity index (χ1v) is 24.7. The summed E-state index contributed by atoms with van der Waals surface area (Å²) in [7, 11) is 0. The molecule has 4 aromatic rings. The van der Waals surface area contributed by atoms with Crippen molar-refractivity contribution in [3.63, 3.8) is 0 Å². The number of halogens is 1. The maximum absolute atomic E-state index is 15.5. The molecule has 2 aromatic carbocycles. The van der Waals surface area contributed by atoms with Gasteiger partial charge in [0.2, 0.25) is 29.5 Å². The van der Waals surface area contributed by atoms with Crippen LogP contribution in [0.5, 0.6) is 0 Å².